The fourth-order valence-corrected chi connectivity index (χ4v) is 3.15. The largest absolute Gasteiger partial charge is 0.375 e. The van der Waals surface area contributed by atoms with E-state index in [2.05, 4.69) is 10.1 Å². The highest BCUT2D eigenvalue weighted by molar-refractivity contribution is 5.94. The lowest BCUT2D eigenvalue weighted by molar-refractivity contribution is 0.0670. The van der Waals surface area contributed by atoms with Crippen molar-refractivity contribution in [3.05, 3.63) is 47.1 Å². The van der Waals surface area contributed by atoms with Crippen LogP contribution < -0.4 is 0 Å². The molecule has 6 heteroatoms. The molecule has 2 heterocycles. The smallest absolute Gasteiger partial charge is 0.254 e. The van der Waals surface area contributed by atoms with Gasteiger partial charge in [-0.25, -0.2) is 0 Å². The summed E-state index contributed by atoms with van der Waals surface area (Å²) in [5, 5.41) is 4.08. The van der Waals surface area contributed by atoms with E-state index in [1.54, 1.807) is 7.11 Å². The first kappa shape index (κ1) is 16.6. The summed E-state index contributed by atoms with van der Waals surface area (Å²) in [7, 11) is 1.59. The van der Waals surface area contributed by atoms with Crippen molar-refractivity contribution in [3.8, 4) is 0 Å². The quantitative estimate of drug-likeness (QED) is 0.861. The Kier molecular flexibility index (Phi) is 5.25. The maximum absolute atomic E-state index is 13.0. The summed E-state index contributed by atoms with van der Waals surface area (Å²) in [5.41, 5.74) is 1.79. The molecule has 0 aliphatic carbocycles. The highest BCUT2D eigenvalue weighted by atomic mass is 16.5. The van der Waals surface area contributed by atoms with Gasteiger partial charge in [-0.1, -0.05) is 35.7 Å². The summed E-state index contributed by atoms with van der Waals surface area (Å²) < 4.78 is 10.3. The second-order valence-electron chi connectivity index (χ2n) is 6.21. The maximum Gasteiger partial charge on any atom is 0.254 e. The molecule has 6 nitrogen and oxygen atoms in total. The van der Waals surface area contributed by atoms with Crippen LogP contribution in [0, 0.1) is 6.92 Å². The normalized spacial score (nSPS) is 18.4. The van der Waals surface area contributed by atoms with Crippen LogP contribution in [0.3, 0.4) is 0 Å². The van der Waals surface area contributed by atoms with E-state index in [0.717, 1.165) is 31.2 Å². The highest BCUT2D eigenvalue weighted by Crippen LogP contribution is 2.30. The van der Waals surface area contributed by atoms with Gasteiger partial charge in [0.25, 0.3) is 11.8 Å². The number of hydrogen-bond acceptors (Lipinski definition) is 5. The van der Waals surface area contributed by atoms with Crippen molar-refractivity contribution in [2.24, 2.45) is 0 Å². The van der Waals surface area contributed by atoms with Crippen LogP contribution in [0.2, 0.25) is 0 Å². The third kappa shape index (κ3) is 3.64. The lowest BCUT2D eigenvalue weighted by Gasteiger charge is -2.28. The van der Waals surface area contributed by atoms with Gasteiger partial charge in [0.15, 0.2) is 5.82 Å². The average molecular weight is 329 g/mol. The first-order valence-corrected chi connectivity index (χ1v) is 8.38. The first-order chi connectivity index (χ1) is 11.7. The second kappa shape index (κ2) is 7.57. The molecule has 0 bridgehead atoms. The van der Waals surface area contributed by atoms with E-state index in [1.165, 1.54) is 0 Å². The third-order valence-electron chi connectivity index (χ3n) is 4.33. The van der Waals surface area contributed by atoms with Crippen LogP contribution in [0.1, 0.15) is 59.4 Å². The lowest BCUT2D eigenvalue weighted by atomic mass is 10.1. The van der Waals surface area contributed by atoms with Crippen LogP contribution in [-0.4, -0.2) is 34.6 Å². The molecule has 1 amide bonds. The molecule has 2 aromatic rings. The number of methoxy groups -OCH3 is 1. The third-order valence-corrected chi connectivity index (χ3v) is 4.33. The molecular formula is C18H23N3O3. The van der Waals surface area contributed by atoms with Gasteiger partial charge in [-0.3, -0.25) is 4.79 Å². The molecule has 0 spiro atoms. The van der Waals surface area contributed by atoms with Gasteiger partial charge in [-0.2, -0.15) is 4.98 Å². The Morgan fingerprint density at radius 2 is 2.25 bits per heavy atom. The van der Waals surface area contributed by atoms with Crippen molar-refractivity contribution >= 4 is 5.91 Å². The fourth-order valence-electron chi connectivity index (χ4n) is 3.15. The summed E-state index contributed by atoms with van der Waals surface area (Å²) in [4.78, 5) is 19.3. The van der Waals surface area contributed by atoms with Gasteiger partial charge in [0.2, 0.25) is 0 Å². The Hall–Kier alpha value is -2.21. The van der Waals surface area contributed by atoms with Gasteiger partial charge < -0.3 is 14.2 Å². The van der Waals surface area contributed by atoms with Crippen LogP contribution in [0.25, 0.3) is 0 Å². The molecular weight excluding hydrogens is 306 g/mol. The number of hydrogen-bond donors (Lipinski definition) is 0. The van der Waals surface area contributed by atoms with Crippen molar-refractivity contribution in [3.63, 3.8) is 0 Å². The Labute approximate surface area is 141 Å². The van der Waals surface area contributed by atoms with E-state index in [-0.39, 0.29) is 18.6 Å². The Morgan fingerprint density at radius 1 is 1.38 bits per heavy atom. The zero-order chi connectivity index (χ0) is 16.9. The number of amides is 1. The molecule has 3 rings (SSSR count). The minimum absolute atomic E-state index is 0.0312. The maximum atomic E-state index is 13.0. The Bertz CT molecular complexity index is 698. The van der Waals surface area contributed by atoms with Crippen molar-refractivity contribution in [1.29, 1.82) is 0 Å². The molecule has 24 heavy (non-hydrogen) atoms. The van der Waals surface area contributed by atoms with Gasteiger partial charge in [0.1, 0.15) is 6.61 Å². The molecule has 128 valence electrons. The summed E-state index contributed by atoms with van der Waals surface area (Å²) in [6.45, 7) is 2.99. The van der Waals surface area contributed by atoms with Gasteiger partial charge in [-0.15, -0.1) is 0 Å². The average Bonchev–Trinajstić information content (AvgIpc) is 2.90. The number of nitrogens with zero attached hydrogens (tertiary/aromatic N) is 3. The number of aryl methyl sites for hydroxylation is 1. The number of aromatic nitrogens is 2. The van der Waals surface area contributed by atoms with Crippen LogP contribution >= 0.6 is 0 Å². The lowest BCUT2D eigenvalue weighted by Crippen LogP contribution is -2.35. The van der Waals surface area contributed by atoms with Gasteiger partial charge in [-0.05, 0) is 31.9 Å². The number of carbonyl (C=O) groups is 1. The molecule has 0 N–H and O–H groups in total. The summed E-state index contributed by atoms with van der Waals surface area (Å²) in [6.07, 6.45) is 4.01. The number of rotatable bonds is 4. The van der Waals surface area contributed by atoms with Crippen LogP contribution in [0.15, 0.2) is 28.8 Å². The zero-order valence-corrected chi connectivity index (χ0v) is 14.2. The van der Waals surface area contributed by atoms with E-state index >= 15 is 0 Å². The van der Waals surface area contributed by atoms with Crippen molar-refractivity contribution in [2.75, 3.05) is 13.7 Å². The predicted octanol–water partition coefficient (Wildman–Crippen LogP) is 3.28. The number of ether oxygens (including phenoxy) is 1. The monoisotopic (exact) mass is 329 g/mol. The Balaban J connectivity index is 1.88. The van der Waals surface area contributed by atoms with E-state index in [9.17, 15) is 4.79 Å². The number of benzene rings is 1. The van der Waals surface area contributed by atoms with Crippen LogP contribution in [-0.2, 0) is 11.3 Å². The van der Waals surface area contributed by atoms with Crippen molar-refractivity contribution < 1.29 is 14.1 Å². The number of carbonyl (C=O) groups excluding carboxylic acids is 1. The van der Waals surface area contributed by atoms with Gasteiger partial charge >= 0.3 is 0 Å². The fraction of sp³-hybridized carbons (Fsp3) is 0.500. The molecule has 1 aromatic carbocycles. The van der Waals surface area contributed by atoms with Crippen LogP contribution in [0.4, 0.5) is 0 Å². The van der Waals surface area contributed by atoms with E-state index < -0.39 is 0 Å². The van der Waals surface area contributed by atoms with Crippen molar-refractivity contribution in [2.45, 2.75) is 45.3 Å². The second-order valence-corrected chi connectivity index (χ2v) is 6.21. The Morgan fingerprint density at radius 3 is 3.04 bits per heavy atom. The van der Waals surface area contributed by atoms with E-state index in [0.29, 0.717) is 23.8 Å². The zero-order valence-electron chi connectivity index (χ0n) is 14.2. The standard InChI is InChI=1S/C18H23N3O3/c1-13-7-6-8-14(11-13)18(22)21-10-5-3-4-9-15(21)17-19-16(12-23-2)24-20-17/h6-8,11,15H,3-5,9-10,12H2,1-2H3. The molecule has 0 saturated carbocycles. The highest BCUT2D eigenvalue weighted by Gasteiger charge is 2.31. The van der Waals surface area contributed by atoms with E-state index in [1.807, 2.05) is 36.1 Å². The first-order valence-electron chi connectivity index (χ1n) is 8.38. The molecule has 1 unspecified atom stereocenters. The minimum Gasteiger partial charge on any atom is -0.375 e. The molecule has 1 fully saturated rings. The molecule has 1 aliphatic heterocycles. The topological polar surface area (TPSA) is 68.5 Å². The molecule has 1 saturated heterocycles. The summed E-state index contributed by atoms with van der Waals surface area (Å²) in [6, 6.07) is 7.56. The van der Waals surface area contributed by atoms with Crippen molar-refractivity contribution in [1.82, 2.24) is 15.0 Å². The molecule has 0 radical (unpaired) electrons. The van der Waals surface area contributed by atoms with E-state index in [4.69, 9.17) is 9.26 Å². The van der Waals surface area contributed by atoms with Gasteiger partial charge in [0.05, 0.1) is 6.04 Å². The minimum atomic E-state index is -0.144. The molecule has 1 aliphatic rings. The summed E-state index contributed by atoms with van der Waals surface area (Å²) >= 11 is 0. The predicted molar refractivity (Wildman–Crippen MR) is 88.4 cm³/mol. The SMILES string of the molecule is COCc1nc(C2CCCCCN2C(=O)c2cccc(C)c2)no1. The summed E-state index contributed by atoms with van der Waals surface area (Å²) in [5.74, 6) is 1.05. The van der Waals surface area contributed by atoms with Crippen LogP contribution in [0.5, 0.6) is 0 Å². The van der Waals surface area contributed by atoms with Gasteiger partial charge in [0, 0.05) is 19.2 Å². The molecule has 1 aromatic heterocycles. The molecule has 1 atom stereocenters. The number of likely N-dealkylation sites (tertiary alicyclic amines) is 1.